The standard InChI is InChI=1S/C14H11BrF2IN/c1-19-14(9-6-5-8(16)7-12(9)18)10-3-2-4-11(15)13(10)17/h2-7,14,19H,1H3. The molecule has 100 valence electrons. The van der Waals surface area contributed by atoms with E-state index in [1.54, 1.807) is 31.3 Å². The molecule has 0 aliphatic rings. The number of halogens is 4. The van der Waals surface area contributed by atoms with Gasteiger partial charge < -0.3 is 5.32 Å². The van der Waals surface area contributed by atoms with Crippen LogP contribution in [0.15, 0.2) is 40.9 Å². The summed E-state index contributed by atoms with van der Waals surface area (Å²) in [5.41, 5.74) is 1.38. The highest BCUT2D eigenvalue weighted by molar-refractivity contribution is 14.1. The van der Waals surface area contributed by atoms with Crippen molar-refractivity contribution in [2.45, 2.75) is 6.04 Å². The van der Waals surface area contributed by atoms with E-state index in [0.29, 0.717) is 10.0 Å². The summed E-state index contributed by atoms with van der Waals surface area (Å²) in [6.07, 6.45) is 0. The van der Waals surface area contributed by atoms with E-state index in [9.17, 15) is 8.78 Å². The second-order valence-corrected chi connectivity index (χ2v) is 6.05. The van der Waals surface area contributed by atoms with E-state index in [-0.39, 0.29) is 17.7 Å². The van der Waals surface area contributed by atoms with Gasteiger partial charge >= 0.3 is 0 Å². The monoisotopic (exact) mass is 437 g/mol. The third kappa shape index (κ3) is 3.14. The summed E-state index contributed by atoms with van der Waals surface area (Å²) in [7, 11) is 1.75. The fraction of sp³-hybridized carbons (Fsp3) is 0.143. The smallest absolute Gasteiger partial charge is 0.142 e. The van der Waals surface area contributed by atoms with Gasteiger partial charge in [-0.15, -0.1) is 0 Å². The zero-order chi connectivity index (χ0) is 14.0. The summed E-state index contributed by atoms with van der Waals surface area (Å²) in [5, 5.41) is 3.07. The van der Waals surface area contributed by atoms with Crippen LogP contribution in [0.5, 0.6) is 0 Å². The molecule has 0 fully saturated rings. The Labute approximate surface area is 132 Å². The van der Waals surface area contributed by atoms with Crippen LogP contribution in [0.25, 0.3) is 0 Å². The van der Waals surface area contributed by atoms with Crippen LogP contribution in [-0.2, 0) is 0 Å². The van der Waals surface area contributed by atoms with Crippen LogP contribution >= 0.6 is 38.5 Å². The predicted molar refractivity (Wildman–Crippen MR) is 84.1 cm³/mol. The van der Waals surface area contributed by atoms with Crippen molar-refractivity contribution >= 4 is 38.5 Å². The Morgan fingerprint density at radius 1 is 1.16 bits per heavy atom. The summed E-state index contributed by atoms with van der Waals surface area (Å²) >= 11 is 5.24. The summed E-state index contributed by atoms with van der Waals surface area (Å²) in [6, 6.07) is 9.35. The van der Waals surface area contributed by atoms with Crippen LogP contribution in [0.4, 0.5) is 8.78 Å². The SMILES string of the molecule is CNC(c1ccc(F)cc1I)c1cccc(Br)c1F. The van der Waals surface area contributed by atoms with Crippen molar-refractivity contribution in [1.82, 2.24) is 5.32 Å². The molecule has 0 spiro atoms. The molecule has 2 aromatic rings. The van der Waals surface area contributed by atoms with E-state index in [1.807, 2.05) is 0 Å². The largest absolute Gasteiger partial charge is 0.309 e. The average molecular weight is 438 g/mol. The lowest BCUT2D eigenvalue weighted by molar-refractivity contribution is 0.568. The molecule has 1 unspecified atom stereocenters. The average Bonchev–Trinajstić information content (AvgIpc) is 2.37. The van der Waals surface area contributed by atoms with E-state index in [0.717, 1.165) is 9.13 Å². The summed E-state index contributed by atoms with van der Waals surface area (Å²) < 4.78 is 28.5. The van der Waals surface area contributed by atoms with Gasteiger partial charge in [-0.2, -0.15) is 0 Å². The van der Waals surface area contributed by atoms with Crippen molar-refractivity contribution in [2.75, 3.05) is 7.05 Å². The molecule has 0 saturated carbocycles. The minimum atomic E-state index is -0.315. The van der Waals surface area contributed by atoms with Crippen molar-refractivity contribution in [3.8, 4) is 0 Å². The third-order valence-electron chi connectivity index (χ3n) is 2.85. The minimum absolute atomic E-state index is 0.294. The molecule has 19 heavy (non-hydrogen) atoms. The first kappa shape index (κ1) is 14.9. The normalized spacial score (nSPS) is 12.5. The molecular formula is C14H11BrF2IN. The second kappa shape index (κ2) is 6.28. The molecular weight excluding hydrogens is 427 g/mol. The van der Waals surface area contributed by atoms with E-state index in [1.165, 1.54) is 12.1 Å². The first-order valence-corrected chi connectivity index (χ1v) is 7.48. The van der Waals surface area contributed by atoms with Gasteiger partial charge in [-0.25, -0.2) is 8.78 Å². The Bertz CT molecular complexity index is 604. The maximum absolute atomic E-state index is 14.2. The fourth-order valence-electron chi connectivity index (χ4n) is 1.96. The van der Waals surface area contributed by atoms with E-state index >= 15 is 0 Å². The molecule has 5 heteroatoms. The highest BCUT2D eigenvalue weighted by Crippen LogP contribution is 2.30. The van der Waals surface area contributed by atoms with Crippen molar-refractivity contribution in [3.05, 3.63) is 67.2 Å². The number of hydrogen-bond acceptors (Lipinski definition) is 1. The maximum atomic E-state index is 14.2. The first-order chi connectivity index (χ1) is 9.04. The van der Waals surface area contributed by atoms with Gasteiger partial charge in [-0.1, -0.05) is 18.2 Å². The highest BCUT2D eigenvalue weighted by atomic mass is 127. The van der Waals surface area contributed by atoms with Crippen molar-refractivity contribution in [1.29, 1.82) is 0 Å². The lowest BCUT2D eigenvalue weighted by Crippen LogP contribution is -2.20. The van der Waals surface area contributed by atoms with E-state index in [4.69, 9.17) is 0 Å². The molecule has 0 saturated heterocycles. The molecule has 2 aromatic carbocycles. The maximum Gasteiger partial charge on any atom is 0.142 e. The Hall–Kier alpha value is -0.530. The molecule has 0 heterocycles. The van der Waals surface area contributed by atoms with Crippen LogP contribution in [0, 0.1) is 15.2 Å². The quantitative estimate of drug-likeness (QED) is 0.689. The number of hydrogen-bond donors (Lipinski definition) is 1. The van der Waals surface area contributed by atoms with Crippen LogP contribution in [0.1, 0.15) is 17.2 Å². The number of benzene rings is 2. The third-order valence-corrected chi connectivity index (χ3v) is 4.40. The molecule has 1 atom stereocenters. The van der Waals surface area contributed by atoms with E-state index in [2.05, 4.69) is 43.8 Å². The minimum Gasteiger partial charge on any atom is -0.309 e. The van der Waals surface area contributed by atoms with Gasteiger partial charge in [0, 0.05) is 9.13 Å². The summed E-state index contributed by atoms with van der Waals surface area (Å²) in [6.45, 7) is 0. The molecule has 0 bridgehead atoms. The Morgan fingerprint density at radius 3 is 2.53 bits per heavy atom. The molecule has 1 N–H and O–H groups in total. The predicted octanol–water partition coefficient (Wildman–Crippen LogP) is 4.64. The number of nitrogens with one attached hydrogen (secondary N) is 1. The Balaban J connectivity index is 2.53. The lowest BCUT2D eigenvalue weighted by atomic mass is 9.98. The topological polar surface area (TPSA) is 12.0 Å². The second-order valence-electron chi connectivity index (χ2n) is 4.03. The van der Waals surface area contributed by atoms with Crippen LogP contribution in [0.2, 0.25) is 0 Å². The lowest BCUT2D eigenvalue weighted by Gasteiger charge is -2.20. The van der Waals surface area contributed by atoms with Gasteiger partial charge in [0.25, 0.3) is 0 Å². The molecule has 0 aromatic heterocycles. The van der Waals surface area contributed by atoms with Gasteiger partial charge in [0.15, 0.2) is 0 Å². The zero-order valence-corrected chi connectivity index (χ0v) is 13.8. The molecule has 0 aliphatic heterocycles. The molecule has 2 rings (SSSR count). The Morgan fingerprint density at radius 2 is 1.89 bits per heavy atom. The van der Waals surface area contributed by atoms with E-state index < -0.39 is 0 Å². The number of rotatable bonds is 3. The summed E-state index contributed by atoms with van der Waals surface area (Å²) in [4.78, 5) is 0. The van der Waals surface area contributed by atoms with Crippen molar-refractivity contribution in [3.63, 3.8) is 0 Å². The van der Waals surface area contributed by atoms with Gasteiger partial charge in [-0.05, 0) is 69.3 Å². The van der Waals surface area contributed by atoms with Crippen LogP contribution in [-0.4, -0.2) is 7.05 Å². The van der Waals surface area contributed by atoms with Crippen molar-refractivity contribution in [2.24, 2.45) is 0 Å². The van der Waals surface area contributed by atoms with Gasteiger partial charge in [0.05, 0.1) is 10.5 Å². The molecule has 0 amide bonds. The van der Waals surface area contributed by atoms with Crippen molar-refractivity contribution < 1.29 is 8.78 Å². The van der Waals surface area contributed by atoms with Gasteiger partial charge in [0.1, 0.15) is 11.6 Å². The molecule has 0 radical (unpaired) electrons. The molecule has 1 nitrogen and oxygen atoms in total. The Kier molecular flexibility index (Phi) is 4.92. The molecule has 0 aliphatic carbocycles. The van der Waals surface area contributed by atoms with Gasteiger partial charge in [0.2, 0.25) is 0 Å². The fourth-order valence-corrected chi connectivity index (χ4v) is 3.13. The van der Waals surface area contributed by atoms with Crippen LogP contribution < -0.4 is 5.32 Å². The first-order valence-electron chi connectivity index (χ1n) is 5.60. The highest BCUT2D eigenvalue weighted by Gasteiger charge is 2.19. The van der Waals surface area contributed by atoms with Gasteiger partial charge in [-0.3, -0.25) is 0 Å². The zero-order valence-electron chi connectivity index (χ0n) is 10.1. The van der Waals surface area contributed by atoms with Crippen LogP contribution in [0.3, 0.4) is 0 Å². The summed E-state index contributed by atoms with van der Waals surface area (Å²) in [5.74, 6) is -0.598.